The summed E-state index contributed by atoms with van der Waals surface area (Å²) in [5, 5.41) is 12.5. The summed E-state index contributed by atoms with van der Waals surface area (Å²) in [6, 6.07) is 17.0. The van der Waals surface area contributed by atoms with Crippen LogP contribution in [0.4, 0.5) is 10.1 Å². The highest BCUT2D eigenvalue weighted by Crippen LogP contribution is 2.32. The highest BCUT2D eigenvalue weighted by Gasteiger charge is 2.34. The van der Waals surface area contributed by atoms with Gasteiger partial charge in [0.2, 0.25) is 0 Å². The van der Waals surface area contributed by atoms with E-state index in [0.717, 1.165) is 26.2 Å². The Labute approximate surface area is 183 Å². The van der Waals surface area contributed by atoms with Crippen LogP contribution in [0.15, 0.2) is 54.6 Å². The standard InChI is InChI=1S/C22H27FN6.ClH/c1-22(2,3)29-21(24-25-26-29)20(18-11-7-8-12-19(18)23)28-15-13-27(14-16-28)17-9-5-4-6-10-17;/h4-12,20H,13-16H2,1-3H3;1H. The molecule has 0 amide bonds. The second-order valence-corrected chi connectivity index (χ2v) is 8.40. The van der Waals surface area contributed by atoms with Gasteiger partial charge >= 0.3 is 0 Å². The van der Waals surface area contributed by atoms with E-state index in [9.17, 15) is 4.39 Å². The van der Waals surface area contributed by atoms with Crippen LogP contribution in [-0.4, -0.2) is 51.3 Å². The number of halogens is 2. The second-order valence-electron chi connectivity index (χ2n) is 8.40. The van der Waals surface area contributed by atoms with Crippen molar-refractivity contribution in [3.05, 3.63) is 71.8 Å². The number of tetrazole rings is 1. The number of aromatic nitrogens is 4. The molecule has 30 heavy (non-hydrogen) atoms. The van der Waals surface area contributed by atoms with Gasteiger partial charge in [0.05, 0.1) is 5.54 Å². The SMILES string of the molecule is CC(C)(C)n1nnnc1C(c1ccccc1F)N1CCN(c2ccccc2)CC1.Cl. The summed E-state index contributed by atoms with van der Waals surface area (Å²) in [4.78, 5) is 4.65. The molecule has 1 unspecified atom stereocenters. The van der Waals surface area contributed by atoms with E-state index in [1.807, 2.05) is 22.9 Å². The third kappa shape index (κ3) is 4.47. The van der Waals surface area contributed by atoms with Crippen molar-refractivity contribution in [2.45, 2.75) is 32.4 Å². The zero-order chi connectivity index (χ0) is 20.4. The van der Waals surface area contributed by atoms with E-state index in [0.29, 0.717) is 11.4 Å². The lowest BCUT2D eigenvalue weighted by atomic mass is 10.0. The van der Waals surface area contributed by atoms with Crippen molar-refractivity contribution in [3.8, 4) is 0 Å². The van der Waals surface area contributed by atoms with Gasteiger partial charge in [-0.1, -0.05) is 36.4 Å². The number of anilines is 1. The van der Waals surface area contributed by atoms with Gasteiger partial charge in [-0.05, 0) is 49.4 Å². The Morgan fingerprint density at radius 3 is 2.17 bits per heavy atom. The van der Waals surface area contributed by atoms with Crippen molar-refractivity contribution in [1.29, 1.82) is 0 Å². The minimum absolute atomic E-state index is 0. The normalized spacial score (nSPS) is 16.2. The smallest absolute Gasteiger partial charge is 0.173 e. The average molecular weight is 431 g/mol. The maximum absolute atomic E-state index is 14.8. The number of benzene rings is 2. The van der Waals surface area contributed by atoms with Gasteiger partial charge in [-0.25, -0.2) is 9.07 Å². The fourth-order valence-electron chi connectivity index (χ4n) is 3.92. The van der Waals surface area contributed by atoms with Crippen LogP contribution in [0.5, 0.6) is 0 Å². The lowest BCUT2D eigenvalue weighted by Gasteiger charge is -2.40. The Morgan fingerprint density at radius 1 is 0.900 bits per heavy atom. The van der Waals surface area contributed by atoms with Gasteiger partial charge in [0.1, 0.15) is 11.9 Å². The van der Waals surface area contributed by atoms with Gasteiger partial charge in [0.25, 0.3) is 0 Å². The van der Waals surface area contributed by atoms with E-state index in [2.05, 4.69) is 70.4 Å². The highest BCUT2D eigenvalue weighted by molar-refractivity contribution is 5.85. The predicted molar refractivity (Wildman–Crippen MR) is 119 cm³/mol. The topological polar surface area (TPSA) is 50.1 Å². The van der Waals surface area contributed by atoms with Gasteiger partial charge in [0.15, 0.2) is 5.82 Å². The predicted octanol–water partition coefficient (Wildman–Crippen LogP) is 3.90. The largest absolute Gasteiger partial charge is 0.369 e. The Morgan fingerprint density at radius 2 is 1.53 bits per heavy atom. The molecule has 1 aliphatic rings. The van der Waals surface area contributed by atoms with E-state index < -0.39 is 0 Å². The van der Waals surface area contributed by atoms with E-state index in [1.54, 1.807) is 6.07 Å². The number of rotatable bonds is 4. The van der Waals surface area contributed by atoms with Crippen molar-refractivity contribution in [2.75, 3.05) is 31.1 Å². The van der Waals surface area contributed by atoms with E-state index >= 15 is 0 Å². The van der Waals surface area contributed by atoms with Crippen LogP contribution < -0.4 is 4.90 Å². The number of nitrogens with zero attached hydrogens (tertiary/aromatic N) is 6. The van der Waals surface area contributed by atoms with Crippen molar-refractivity contribution in [2.24, 2.45) is 0 Å². The molecular formula is C22H28ClFN6. The first-order chi connectivity index (χ1) is 13.9. The van der Waals surface area contributed by atoms with Crippen LogP contribution in [0.25, 0.3) is 0 Å². The molecule has 1 saturated heterocycles. The van der Waals surface area contributed by atoms with Crippen LogP contribution in [0.2, 0.25) is 0 Å². The van der Waals surface area contributed by atoms with Gasteiger partial charge in [-0.3, -0.25) is 4.90 Å². The fraction of sp³-hybridized carbons (Fsp3) is 0.409. The van der Waals surface area contributed by atoms with Crippen LogP contribution in [0, 0.1) is 5.82 Å². The Balaban J connectivity index is 0.00000256. The molecule has 160 valence electrons. The molecule has 0 spiro atoms. The maximum Gasteiger partial charge on any atom is 0.173 e. The number of piperazine rings is 1. The molecule has 0 aliphatic carbocycles. The summed E-state index contributed by atoms with van der Waals surface area (Å²) in [6.07, 6.45) is 0. The van der Waals surface area contributed by atoms with Crippen molar-refractivity contribution in [3.63, 3.8) is 0 Å². The van der Waals surface area contributed by atoms with Gasteiger partial charge in [-0.15, -0.1) is 17.5 Å². The third-order valence-corrected chi connectivity index (χ3v) is 5.37. The summed E-state index contributed by atoms with van der Waals surface area (Å²) in [6.45, 7) is 9.49. The maximum atomic E-state index is 14.8. The molecule has 2 heterocycles. The second kappa shape index (κ2) is 9.10. The Bertz CT molecular complexity index is 948. The molecule has 1 atom stereocenters. The molecule has 8 heteroatoms. The molecule has 1 aliphatic heterocycles. The van der Waals surface area contributed by atoms with Crippen LogP contribution >= 0.6 is 12.4 Å². The van der Waals surface area contributed by atoms with Crippen molar-refractivity contribution >= 4 is 18.1 Å². The fourth-order valence-corrected chi connectivity index (χ4v) is 3.92. The Hall–Kier alpha value is -2.51. The van der Waals surface area contributed by atoms with Gasteiger partial charge < -0.3 is 4.90 Å². The summed E-state index contributed by atoms with van der Waals surface area (Å²) >= 11 is 0. The van der Waals surface area contributed by atoms with E-state index in [1.165, 1.54) is 11.8 Å². The number of hydrogen-bond donors (Lipinski definition) is 0. The zero-order valence-corrected chi connectivity index (χ0v) is 18.4. The van der Waals surface area contributed by atoms with Crippen molar-refractivity contribution in [1.82, 2.24) is 25.1 Å². The lowest BCUT2D eigenvalue weighted by molar-refractivity contribution is 0.188. The first kappa shape index (κ1) is 22.2. The minimum atomic E-state index is -0.330. The third-order valence-electron chi connectivity index (χ3n) is 5.37. The molecule has 3 aromatic rings. The average Bonchev–Trinajstić information content (AvgIpc) is 3.21. The van der Waals surface area contributed by atoms with E-state index in [-0.39, 0.29) is 29.8 Å². The summed E-state index contributed by atoms with van der Waals surface area (Å²) in [5.74, 6) is 0.446. The number of hydrogen-bond acceptors (Lipinski definition) is 5. The summed E-state index contributed by atoms with van der Waals surface area (Å²) in [5.41, 5.74) is 1.53. The highest BCUT2D eigenvalue weighted by atomic mass is 35.5. The molecule has 0 saturated carbocycles. The van der Waals surface area contributed by atoms with Gasteiger partial charge in [-0.2, -0.15) is 0 Å². The summed E-state index contributed by atoms with van der Waals surface area (Å²) < 4.78 is 16.7. The molecule has 0 bridgehead atoms. The first-order valence-electron chi connectivity index (χ1n) is 10.0. The van der Waals surface area contributed by atoms with Crippen LogP contribution in [0.3, 0.4) is 0 Å². The van der Waals surface area contributed by atoms with Crippen molar-refractivity contribution < 1.29 is 4.39 Å². The summed E-state index contributed by atoms with van der Waals surface area (Å²) in [7, 11) is 0. The van der Waals surface area contributed by atoms with Gasteiger partial charge in [0, 0.05) is 37.4 Å². The molecular weight excluding hydrogens is 403 g/mol. The molecule has 0 radical (unpaired) electrons. The molecule has 0 N–H and O–H groups in total. The lowest BCUT2D eigenvalue weighted by Crippen LogP contribution is -2.49. The number of para-hydroxylation sites is 1. The molecule has 1 aromatic heterocycles. The van der Waals surface area contributed by atoms with Crippen LogP contribution in [0.1, 0.15) is 38.2 Å². The molecule has 4 rings (SSSR count). The Kier molecular flexibility index (Phi) is 6.73. The zero-order valence-electron chi connectivity index (χ0n) is 17.6. The quantitative estimate of drug-likeness (QED) is 0.628. The molecule has 6 nitrogen and oxygen atoms in total. The van der Waals surface area contributed by atoms with Crippen LogP contribution in [-0.2, 0) is 5.54 Å². The molecule has 2 aromatic carbocycles. The first-order valence-corrected chi connectivity index (χ1v) is 10.0. The minimum Gasteiger partial charge on any atom is -0.369 e. The van der Waals surface area contributed by atoms with E-state index in [4.69, 9.17) is 0 Å². The monoisotopic (exact) mass is 430 g/mol. The molecule has 1 fully saturated rings.